The molecule has 0 spiro atoms. The average molecular weight is 774 g/mol. The molecule has 2 atom stereocenters. The number of hydrogen-bond acceptors (Lipinski definition) is 8. The van der Waals surface area contributed by atoms with E-state index in [1.165, 1.54) is 148 Å². The summed E-state index contributed by atoms with van der Waals surface area (Å²) < 4.78 is 32.8. The number of ether oxygens (including phenoxy) is 2. The number of carbonyl (C=O) groups excluding carboxylic acids is 2. The quantitative estimate of drug-likeness (QED) is 0.0269. The van der Waals surface area contributed by atoms with Crippen molar-refractivity contribution < 1.29 is 37.6 Å². The van der Waals surface area contributed by atoms with Crippen LogP contribution in [0, 0.1) is 0 Å². The molecule has 0 aliphatic carbocycles. The van der Waals surface area contributed by atoms with Crippen molar-refractivity contribution in [1.29, 1.82) is 0 Å². The number of rotatable bonds is 42. The van der Waals surface area contributed by atoms with Crippen molar-refractivity contribution in [2.75, 3.05) is 26.4 Å². The molecule has 10 heteroatoms. The Bertz CT molecular complexity index is 886. The second-order valence-electron chi connectivity index (χ2n) is 14.9. The molecule has 0 heterocycles. The summed E-state index contributed by atoms with van der Waals surface area (Å²) in [5.41, 5.74) is 5.35. The number of carbonyl (C=O) groups is 2. The topological polar surface area (TPSA) is 134 Å². The van der Waals surface area contributed by atoms with Gasteiger partial charge in [0.05, 0.1) is 13.2 Å². The van der Waals surface area contributed by atoms with Gasteiger partial charge < -0.3 is 20.1 Å². The zero-order valence-corrected chi connectivity index (χ0v) is 35.4. The Kier molecular flexibility index (Phi) is 39.5. The summed E-state index contributed by atoms with van der Waals surface area (Å²) >= 11 is 0. The van der Waals surface area contributed by atoms with E-state index in [9.17, 15) is 19.0 Å². The molecule has 0 saturated carbocycles. The molecule has 0 aromatic carbocycles. The minimum atomic E-state index is -4.37. The van der Waals surface area contributed by atoms with Gasteiger partial charge in [-0.1, -0.05) is 180 Å². The van der Waals surface area contributed by atoms with Crippen molar-refractivity contribution in [2.24, 2.45) is 5.73 Å². The lowest BCUT2D eigenvalue weighted by Gasteiger charge is -2.19. The van der Waals surface area contributed by atoms with Gasteiger partial charge in [0.2, 0.25) is 0 Å². The van der Waals surface area contributed by atoms with Gasteiger partial charge in [0.25, 0.3) is 0 Å². The van der Waals surface area contributed by atoms with Crippen LogP contribution in [0.15, 0.2) is 12.2 Å². The highest BCUT2D eigenvalue weighted by molar-refractivity contribution is 7.47. The number of phosphoric acid groups is 1. The molecule has 53 heavy (non-hydrogen) atoms. The van der Waals surface area contributed by atoms with Crippen molar-refractivity contribution >= 4 is 19.8 Å². The van der Waals surface area contributed by atoms with Gasteiger partial charge in [-0.3, -0.25) is 18.6 Å². The number of esters is 2. The van der Waals surface area contributed by atoms with Crippen LogP contribution in [0.1, 0.15) is 219 Å². The third-order valence-corrected chi connectivity index (χ3v) is 10.6. The number of allylic oxidation sites excluding steroid dienone is 2. The predicted molar refractivity (Wildman–Crippen MR) is 220 cm³/mol. The van der Waals surface area contributed by atoms with Crippen LogP contribution < -0.4 is 5.73 Å². The molecular formula is C43H84NO8P. The number of phosphoric ester groups is 1. The molecule has 0 fully saturated rings. The van der Waals surface area contributed by atoms with E-state index < -0.39 is 26.5 Å². The minimum Gasteiger partial charge on any atom is -0.462 e. The molecule has 0 amide bonds. The molecule has 0 aromatic heterocycles. The van der Waals surface area contributed by atoms with Crippen molar-refractivity contribution in [3.8, 4) is 0 Å². The summed E-state index contributed by atoms with van der Waals surface area (Å²) in [6, 6.07) is 0. The van der Waals surface area contributed by atoms with E-state index in [-0.39, 0.29) is 38.6 Å². The molecule has 0 radical (unpaired) electrons. The largest absolute Gasteiger partial charge is 0.472 e. The van der Waals surface area contributed by atoms with E-state index in [1.807, 2.05) is 0 Å². The highest BCUT2D eigenvalue weighted by Crippen LogP contribution is 2.43. The van der Waals surface area contributed by atoms with Gasteiger partial charge in [-0.05, 0) is 38.5 Å². The zero-order chi connectivity index (χ0) is 38.9. The van der Waals surface area contributed by atoms with Gasteiger partial charge >= 0.3 is 19.8 Å². The van der Waals surface area contributed by atoms with Crippen LogP contribution in [0.25, 0.3) is 0 Å². The Balaban J connectivity index is 4.10. The number of hydrogen-bond donors (Lipinski definition) is 2. The highest BCUT2D eigenvalue weighted by atomic mass is 31.2. The van der Waals surface area contributed by atoms with Crippen LogP contribution in [0.5, 0.6) is 0 Å². The van der Waals surface area contributed by atoms with Crippen LogP contribution in [0.3, 0.4) is 0 Å². The summed E-state index contributed by atoms with van der Waals surface area (Å²) in [5, 5.41) is 0. The summed E-state index contributed by atoms with van der Waals surface area (Å²) in [4.78, 5) is 34.8. The van der Waals surface area contributed by atoms with Gasteiger partial charge in [0, 0.05) is 19.4 Å². The maximum atomic E-state index is 12.6. The summed E-state index contributed by atoms with van der Waals surface area (Å²) in [6.07, 6.45) is 40.9. The Labute approximate surface area is 326 Å². The normalized spacial score (nSPS) is 13.4. The zero-order valence-electron chi connectivity index (χ0n) is 34.5. The third-order valence-electron chi connectivity index (χ3n) is 9.65. The average Bonchev–Trinajstić information content (AvgIpc) is 3.14. The van der Waals surface area contributed by atoms with E-state index in [4.69, 9.17) is 24.3 Å². The second-order valence-corrected chi connectivity index (χ2v) is 16.4. The van der Waals surface area contributed by atoms with E-state index in [2.05, 4.69) is 26.0 Å². The van der Waals surface area contributed by atoms with Gasteiger partial charge in [0.15, 0.2) is 6.10 Å². The standard InChI is InChI=1S/C43H84NO8P/c1-3-5-7-9-11-13-15-17-18-19-20-21-22-24-26-28-30-32-34-36-43(46)52-41(40-51-53(47,48)50-38-37-44)39-49-42(45)35-33-31-29-27-25-23-16-14-12-10-8-6-4-2/h17-18,41H,3-16,19-40,44H2,1-2H3,(H,47,48)/b18-17+/t41-/m1/s1. The van der Waals surface area contributed by atoms with Crippen molar-refractivity contribution in [2.45, 2.75) is 225 Å². The molecular weight excluding hydrogens is 689 g/mol. The first-order chi connectivity index (χ1) is 25.8. The molecule has 0 bridgehead atoms. The maximum Gasteiger partial charge on any atom is 0.472 e. The van der Waals surface area contributed by atoms with Crippen LogP contribution in [0.4, 0.5) is 0 Å². The molecule has 0 aromatic rings. The fourth-order valence-corrected chi connectivity index (χ4v) is 7.10. The van der Waals surface area contributed by atoms with Gasteiger partial charge in [0.1, 0.15) is 6.61 Å². The lowest BCUT2D eigenvalue weighted by Crippen LogP contribution is -2.29. The lowest BCUT2D eigenvalue weighted by atomic mass is 10.0. The van der Waals surface area contributed by atoms with Crippen molar-refractivity contribution in [1.82, 2.24) is 0 Å². The summed E-state index contributed by atoms with van der Waals surface area (Å²) in [7, 11) is -4.37. The van der Waals surface area contributed by atoms with Crippen LogP contribution >= 0.6 is 7.82 Å². The molecule has 3 N–H and O–H groups in total. The minimum absolute atomic E-state index is 0.0559. The second kappa shape index (κ2) is 40.4. The Morgan fingerprint density at radius 3 is 1.34 bits per heavy atom. The Hall–Kier alpha value is -1.25. The monoisotopic (exact) mass is 774 g/mol. The fourth-order valence-electron chi connectivity index (χ4n) is 6.34. The molecule has 1 unspecified atom stereocenters. The molecule has 0 aliphatic rings. The van der Waals surface area contributed by atoms with E-state index in [1.54, 1.807) is 0 Å². The molecule has 0 saturated heterocycles. The van der Waals surface area contributed by atoms with E-state index in [0.717, 1.165) is 38.5 Å². The molecule has 9 nitrogen and oxygen atoms in total. The number of nitrogens with two attached hydrogens (primary N) is 1. The van der Waals surface area contributed by atoms with Crippen LogP contribution in [0.2, 0.25) is 0 Å². The predicted octanol–water partition coefficient (Wildman–Crippen LogP) is 12.6. The Morgan fingerprint density at radius 1 is 0.547 bits per heavy atom. The van der Waals surface area contributed by atoms with E-state index >= 15 is 0 Å². The SMILES string of the molecule is CCCCCCCC/C=C/CCCCCCCCCCCC(=O)O[C@H](COC(=O)CCCCCCCCCCCCCCC)COP(=O)(O)OCCN. The van der Waals surface area contributed by atoms with Crippen molar-refractivity contribution in [3.63, 3.8) is 0 Å². The summed E-state index contributed by atoms with van der Waals surface area (Å²) in [6.45, 7) is 3.75. The smallest absolute Gasteiger partial charge is 0.462 e. The third kappa shape index (κ3) is 40.2. The van der Waals surface area contributed by atoms with Gasteiger partial charge in [-0.25, -0.2) is 4.57 Å². The van der Waals surface area contributed by atoms with Crippen LogP contribution in [-0.2, 0) is 32.7 Å². The lowest BCUT2D eigenvalue weighted by molar-refractivity contribution is -0.161. The van der Waals surface area contributed by atoms with E-state index in [0.29, 0.717) is 6.42 Å². The first-order valence-electron chi connectivity index (χ1n) is 22.2. The first kappa shape index (κ1) is 51.8. The highest BCUT2D eigenvalue weighted by Gasteiger charge is 2.26. The molecule has 0 aliphatic heterocycles. The molecule has 0 rings (SSSR count). The Morgan fingerprint density at radius 2 is 0.925 bits per heavy atom. The summed E-state index contributed by atoms with van der Waals surface area (Å²) in [5.74, 6) is -0.820. The fraction of sp³-hybridized carbons (Fsp3) is 0.907. The maximum absolute atomic E-state index is 12.6. The van der Waals surface area contributed by atoms with Gasteiger partial charge in [-0.2, -0.15) is 0 Å². The molecule has 314 valence electrons. The van der Waals surface area contributed by atoms with Gasteiger partial charge in [-0.15, -0.1) is 0 Å². The van der Waals surface area contributed by atoms with Crippen LogP contribution in [-0.4, -0.2) is 49.3 Å². The first-order valence-corrected chi connectivity index (χ1v) is 23.7. The van der Waals surface area contributed by atoms with Crippen molar-refractivity contribution in [3.05, 3.63) is 12.2 Å². The number of unbranched alkanes of at least 4 members (excludes halogenated alkanes) is 27.